The number of nitrogens with one attached hydrogen (secondary N) is 1. The standard InChI is InChI=1S/C16H20N2O3S/c1-3-14(16(20)17-15-9-11(2)21-18-15)22-10-13(19)12-7-5-4-6-8-12/h4-9,13-14,19H,3,10H2,1-2H3,(H,17,18,20)/t13-,14-/m1/s1. The zero-order valence-corrected chi connectivity index (χ0v) is 13.5. The van der Waals surface area contributed by atoms with Crippen LogP contribution in [0.3, 0.4) is 0 Å². The van der Waals surface area contributed by atoms with E-state index >= 15 is 0 Å². The molecule has 0 bridgehead atoms. The second kappa shape index (κ2) is 8.00. The van der Waals surface area contributed by atoms with Crippen molar-refractivity contribution in [2.24, 2.45) is 0 Å². The molecule has 0 aliphatic carbocycles. The quantitative estimate of drug-likeness (QED) is 0.819. The van der Waals surface area contributed by atoms with Crippen LogP contribution in [-0.4, -0.2) is 27.2 Å². The molecule has 0 saturated heterocycles. The summed E-state index contributed by atoms with van der Waals surface area (Å²) in [6.07, 6.45) is 0.0943. The first-order chi connectivity index (χ1) is 10.6. The summed E-state index contributed by atoms with van der Waals surface area (Å²) in [7, 11) is 0. The van der Waals surface area contributed by atoms with Gasteiger partial charge >= 0.3 is 0 Å². The van der Waals surface area contributed by atoms with E-state index < -0.39 is 6.10 Å². The molecule has 5 nitrogen and oxygen atoms in total. The molecule has 0 radical (unpaired) electrons. The van der Waals surface area contributed by atoms with E-state index in [9.17, 15) is 9.90 Å². The molecule has 6 heteroatoms. The lowest BCUT2D eigenvalue weighted by Crippen LogP contribution is -2.25. The molecule has 1 amide bonds. The van der Waals surface area contributed by atoms with Crippen LogP contribution in [0.1, 0.15) is 30.8 Å². The molecular weight excluding hydrogens is 300 g/mol. The summed E-state index contributed by atoms with van der Waals surface area (Å²) in [5.74, 6) is 1.41. The van der Waals surface area contributed by atoms with Gasteiger partial charge in [0.2, 0.25) is 5.91 Å². The highest BCUT2D eigenvalue weighted by molar-refractivity contribution is 8.00. The van der Waals surface area contributed by atoms with E-state index in [0.29, 0.717) is 23.8 Å². The van der Waals surface area contributed by atoms with E-state index in [1.54, 1.807) is 13.0 Å². The van der Waals surface area contributed by atoms with Crippen molar-refractivity contribution in [3.8, 4) is 0 Å². The number of hydrogen-bond acceptors (Lipinski definition) is 5. The second-order valence-corrected chi connectivity index (χ2v) is 6.20. The highest BCUT2D eigenvalue weighted by Gasteiger charge is 2.20. The van der Waals surface area contributed by atoms with Crippen LogP contribution in [-0.2, 0) is 4.79 Å². The number of carbonyl (C=O) groups excluding carboxylic acids is 1. The second-order valence-electron chi connectivity index (χ2n) is 4.97. The van der Waals surface area contributed by atoms with E-state index in [2.05, 4.69) is 10.5 Å². The van der Waals surface area contributed by atoms with E-state index in [-0.39, 0.29) is 11.2 Å². The third-order valence-electron chi connectivity index (χ3n) is 3.18. The molecule has 2 rings (SSSR count). The van der Waals surface area contributed by atoms with Gasteiger partial charge in [0.25, 0.3) is 0 Å². The number of aliphatic hydroxyl groups is 1. The summed E-state index contributed by atoms with van der Waals surface area (Å²) in [6, 6.07) is 11.1. The first-order valence-corrected chi connectivity index (χ1v) is 8.23. The SMILES string of the molecule is CC[C@@H](SC[C@@H](O)c1ccccc1)C(=O)Nc1cc(C)on1. The fourth-order valence-corrected chi connectivity index (χ4v) is 3.04. The van der Waals surface area contributed by atoms with Gasteiger partial charge in [-0.3, -0.25) is 4.79 Å². The van der Waals surface area contributed by atoms with E-state index in [1.807, 2.05) is 37.3 Å². The molecule has 0 spiro atoms. The number of aliphatic hydroxyl groups excluding tert-OH is 1. The van der Waals surface area contributed by atoms with Gasteiger partial charge in [-0.05, 0) is 18.9 Å². The van der Waals surface area contributed by atoms with Crippen LogP contribution in [0.25, 0.3) is 0 Å². The van der Waals surface area contributed by atoms with Gasteiger partial charge in [-0.25, -0.2) is 0 Å². The zero-order valence-electron chi connectivity index (χ0n) is 12.7. The lowest BCUT2D eigenvalue weighted by Gasteiger charge is -2.16. The highest BCUT2D eigenvalue weighted by atomic mass is 32.2. The van der Waals surface area contributed by atoms with Crippen molar-refractivity contribution in [3.05, 3.63) is 47.7 Å². The van der Waals surface area contributed by atoms with Crippen LogP contribution in [0.15, 0.2) is 40.9 Å². The van der Waals surface area contributed by atoms with Gasteiger partial charge in [-0.2, -0.15) is 0 Å². The number of thioether (sulfide) groups is 1. The summed E-state index contributed by atoms with van der Waals surface area (Å²) in [5.41, 5.74) is 0.859. The molecule has 2 aromatic rings. The lowest BCUT2D eigenvalue weighted by molar-refractivity contribution is -0.115. The smallest absolute Gasteiger partial charge is 0.238 e. The molecule has 0 aliphatic rings. The molecule has 2 atom stereocenters. The third kappa shape index (κ3) is 4.61. The first-order valence-electron chi connectivity index (χ1n) is 7.19. The number of carbonyl (C=O) groups is 1. The fraction of sp³-hybridized carbons (Fsp3) is 0.375. The van der Waals surface area contributed by atoms with Crippen molar-refractivity contribution < 1.29 is 14.4 Å². The van der Waals surface area contributed by atoms with Crippen LogP contribution < -0.4 is 5.32 Å². The monoisotopic (exact) mass is 320 g/mol. The van der Waals surface area contributed by atoms with Gasteiger partial charge < -0.3 is 14.9 Å². The predicted octanol–water partition coefficient (Wildman–Crippen LogP) is 3.17. The third-order valence-corrected chi connectivity index (χ3v) is 4.64. The van der Waals surface area contributed by atoms with Gasteiger partial charge in [0.05, 0.1) is 11.4 Å². The Morgan fingerprint density at radius 2 is 2.14 bits per heavy atom. The molecule has 1 aromatic carbocycles. The van der Waals surface area contributed by atoms with Crippen molar-refractivity contribution in [2.45, 2.75) is 31.6 Å². The minimum Gasteiger partial charge on any atom is -0.388 e. The molecule has 1 aromatic heterocycles. The van der Waals surface area contributed by atoms with Crippen LogP contribution in [0.2, 0.25) is 0 Å². The fourth-order valence-electron chi connectivity index (χ4n) is 1.99. The maximum atomic E-state index is 12.2. The molecule has 22 heavy (non-hydrogen) atoms. The Bertz CT molecular complexity index is 600. The van der Waals surface area contributed by atoms with Crippen LogP contribution in [0.4, 0.5) is 5.82 Å². The van der Waals surface area contributed by atoms with Gasteiger partial charge in [-0.15, -0.1) is 11.8 Å². The zero-order chi connectivity index (χ0) is 15.9. The van der Waals surface area contributed by atoms with E-state index in [4.69, 9.17) is 4.52 Å². The Kier molecular flexibility index (Phi) is 6.03. The summed E-state index contributed by atoms with van der Waals surface area (Å²) < 4.78 is 4.92. The number of anilines is 1. The van der Waals surface area contributed by atoms with Crippen molar-refractivity contribution in [1.82, 2.24) is 5.16 Å². The Labute approximate surface area is 134 Å². The summed E-state index contributed by atoms with van der Waals surface area (Å²) in [6.45, 7) is 3.71. The first kappa shape index (κ1) is 16.6. The number of rotatable bonds is 7. The average Bonchev–Trinajstić information content (AvgIpc) is 2.93. The number of aryl methyl sites for hydroxylation is 1. The average molecular weight is 320 g/mol. The molecule has 0 saturated carbocycles. The largest absolute Gasteiger partial charge is 0.388 e. The van der Waals surface area contributed by atoms with Crippen LogP contribution in [0, 0.1) is 6.92 Å². The Balaban J connectivity index is 1.87. The summed E-state index contributed by atoms with van der Waals surface area (Å²) >= 11 is 1.44. The Morgan fingerprint density at radius 1 is 1.41 bits per heavy atom. The Hall–Kier alpha value is -1.79. The normalized spacial score (nSPS) is 13.6. The molecular formula is C16H20N2O3S. The van der Waals surface area contributed by atoms with Gasteiger partial charge in [0.1, 0.15) is 5.76 Å². The van der Waals surface area contributed by atoms with Crippen molar-refractivity contribution in [1.29, 1.82) is 0 Å². The number of benzene rings is 1. The Morgan fingerprint density at radius 3 is 2.73 bits per heavy atom. The minimum atomic E-state index is -0.581. The van der Waals surface area contributed by atoms with Crippen molar-refractivity contribution >= 4 is 23.5 Å². The predicted molar refractivity (Wildman–Crippen MR) is 87.8 cm³/mol. The van der Waals surface area contributed by atoms with E-state index in [1.165, 1.54) is 11.8 Å². The van der Waals surface area contributed by atoms with Crippen molar-refractivity contribution in [3.63, 3.8) is 0 Å². The number of hydrogen-bond donors (Lipinski definition) is 2. The molecule has 1 heterocycles. The number of aromatic nitrogens is 1. The van der Waals surface area contributed by atoms with Gasteiger partial charge in [0.15, 0.2) is 5.82 Å². The summed E-state index contributed by atoms with van der Waals surface area (Å²) in [5, 5.41) is 16.4. The minimum absolute atomic E-state index is 0.124. The van der Waals surface area contributed by atoms with Gasteiger partial charge in [-0.1, -0.05) is 42.4 Å². The topological polar surface area (TPSA) is 75.4 Å². The number of amides is 1. The molecule has 2 N–H and O–H groups in total. The lowest BCUT2D eigenvalue weighted by atomic mass is 10.1. The van der Waals surface area contributed by atoms with Crippen LogP contribution >= 0.6 is 11.8 Å². The maximum absolute atomic E-state index is 12.2. The van der Waals surface area contributed by atoms with Crippen LogP contribution in [0.5, 0.6) is 0 Å². The molecule has 118 valence electrons. The molecule has 0 unspecified atom stereocenters. The molecule has 0 fully saturated rings. The number of nitrogens with zero attached hydrogens (tertiary/aromatic N) is 1. The highest BCUT2D eigenvalue weighted by Crippen LogP contribution is 2.24. The van der Waals surface area contributed by atoms with Crippen molar-refractivity contribution in [2.75, 3.05) is 11.1 Å². The van der Waals surface area contributed by atoms with Gasteiger partial charge in [0, 0.05) is 11.8 Å². The maximum Gasteiger partial charge on any atom is 0.238 e. The van der Waals surface area contributed by atoms with E-state index in [0.717, 1.165) is 5.56 Å². The molecule has 0 aliphatic heterocycles. The summed E-state index contributed by atoms with van der Waals surface area (Å²) in [4.78, 5) is 12.2.